The second kappa shape index (κ2) is 6.58. The zero-order chi connectivity index (χ0) is 16.4. The van der Waals surface area contributed by atoms with E-state index in [2.05, 4.69) is 4.98 Å². The van der Waals surface area contributed by atoms with E-state index >= 15 is 0 Å². The van der Waals surface area contributed by atoms with E-state index in [1.54, 1.807) is 10.4 Å². The number of carbonyl (C=O) groups excluding carboxylic acids is 2. The Morgan fingerprint density at radius 2 is 1.87 bits per heavy atom. The van der Waals surface area contributed by atoms with Gasteiger partial charge in [-0.05, 0) is 44.0 Å². The minimum atomic E-state index is -0.345. The number of hydrogen-bond acceptors (Lipinski definition) is 4. The third kappa shape index (κ3) is 3.32. The molecule has 0 N–H and O–H groups in total. The maximum atomic E-state index is 12.9. The molecule has 0 atom stereocenters. The zero-order valence-electron chi connectivity index (χ0n) is 12.8. The second-order valence-electron chi connectivity index (χ2n) is 5.70. The van der Waals surface area contributed by atoms with E-state index in [0.29, 0.717) is 36.4 Å². The Morgan fingerprint density at radius 3 is 2.43 bits per heavy atom. The maximum absolute atomic E-state index is 12.9. The van der Waals surface area contributed by atoms with Crippen LogP contribution in [0.25, 0.3) is 0 Å². The maximum Gasteiger partial charge on any atom is 0.265 e. The molecule has 0 saturated carbocycles. The van der Waals surface area contributed by atoms with Gasteiger partial charge in [0.15, 0.2) is 5.78 Å². The van der Waals surface area contributed by atoms with Gasteiger partial charge in [-0.1, -0.05) is 0 Å². The minimum absolute atomic E-state index is 0.00215. The summed E-state index contributed by atoms with van der Waals surface area (Å²) in [4.78, 5) is 31.4. The van der Waals surface area contributed by atoms with Gasteiger partial charge in [0.25, 0.3) is 5.91 Å². The fraction of sp³-hybridized carbons (Fsp3) is 0.353. The van der Waals surface area contributed by atoms with Crippen molar-refractivity contribution in [2.75, 3.05) is 13.1 Å². The molecule has 1 amide bonds. The van der Waals surface area contributed by atoms with E-state index < -0.39 is 0 Å². The highest BCUT2D eigenvalue weighted by atomic mass is 32.1. The predicted octanol–water partition coefficient (Wildman–Crippen LogP) is 3.33. The molecular formula is C17H17FN2O2S. The van der Waals surface area contributed by atoms with Crippen molar-refractivity contribution in [2.24, 2.45) is 5.92 Å². The van der Waals surface area contributed by atoms with Gasteiger partial charge in [-0.3, -0.25) is 9.59 Å². The topological polar surface area (TPSA) is 50.3 Å². The highest BCUT2D eigenvalue weighted by Gasteiger charge is 2.29. The van der Waals surface area contributed by atoms with Gasteiger partial charge >= 0.3 is 0 Å². The molecule has 3 rings (SSSR count). The van der Waals surface area contributed by atoms with Crippen LogP contribution in [-0.2, 0) is 0 Å². The van der Waals surface area contributed by atoms with Crippen LogP contribution in [0.2, 0.25) is 0 Å². The van der Waals surface area contributed by atoms with Gasteiger partial charge < -0.3 is 4.90 Å². The Kier molecular flexibility index (Phi) is 4.52. The van der Waals surface area contributed by atoms with Gasteiger partial charge in [0.05, 0.1) is 11.2 Å². The van der Waals surface area contributed by atoms with E-state index in [9.17, 15) is 14.0 Å². The molecule has 1 aromatic heterocycles. The van der Waals surface area contributed by atoms with Crippen LogP contribution >= 0.6 is 11.3 Å². The molecule has 0 unspecified atom stereocenters. The van der Waals surface area contributed by atoms with Gasteiger partial charge in [0, 0.05) is 24.6 Å². The van der Waals surface area contributed by atoms with E-state index in [1.165, 1.54) is 35.6 Å². The lowest BCUT2D eigenvalue weighted by Gasteiger charge is -2.31. The standard InChI is InChI=1S/C17H17FN2O2S/c1-11-16(23-10-19-11)17(22)20-8-6-13(7-9-20)15(21)12-2-4-14(18)5-3-12/h2-5,10,13H,6-9H2,1H3. The molecule has 1 aromatic carbocycles. The van der Waals surface area contributed by atoms with Crippen LogP contribution in [0.4, 0.5) is 4.39 Å². The molecule has 0 spiro atoms. The first kappa shape index (κ1) is 15.8. The SMILES string of the molecule is Cc1ncsc1C(=O)N1CCC(C(=O)c2ccc(F)cc2)CC1. The normalized spacial score (nSPS) is 15.7. The summed E-state index contributed by atoms with van der Waals surface area (Å²) >= 11 is 1.35. The smallest absolute Gasteiger partial charge is 0.265 e. The largest absolute Gasteiger partial charge is 0.338 e. The van der Waals surface area contributed by atoms with Gasteiger partial charge in [0.1, 0.15) is 10.7 Å². The number of rotatable bonds is 3. The summed E-state index contributed by atoms with van der Waals surface area (Å²) in [6.07, 6.45) is 1.28. The number of ketones is 1. The van der Waals surface area contributed by atoms with E-state index in [4.69, 9.17) is 0 Å². The van der Waals surface area contributed by atoms with Crippen LogP contribution in [0.3, 0.4) is 0 Å². The number of Topliss-reactive ketones (excluding diaryl/α,β-unsaturated/α-hetero) is 1. The van der Waals surface area contributed by atoms with E-state index in [-0.39, 0.29) is 23.4 Å². The lowest BCUT2D eigenvalue weighted by molar-refractivity contribution is 0.0653. The monoisotopic (exact) mass is 332 g/mol. The summed E-state index contributed by atoms with van der Waals surface area (Å²) in [7, 11) is 0. The lowest BCUT2D eigenvalue weighted by Crippen LogP contribution is -2.40. The molecule has 6 heteroatoms. The fourth-order valence-electron chi connectivity index (χ4n) is 2.85. The number of thiazole rings is 1. The highest BCUT2D eigenvalue weighted by molar-refractivity contribution is 7.11. The number of hydrogen-bond donors (Lipinski definition) is 0. The number of nitrogens with zero attached hydrogens (tertiary/aromatic N) is 2. The van der Waals surface area contributed by atoms with Crippen LogP contribution in [-0.4, -0.2) is 34.7 Å². The fourth-order valence-corrected chi connectivity index (χ4v) is 3.61. The predicted molar refractivity (Wildman–Crippen MR) is 86.2 cm³/mol. The summed E-state index contributed by atoms with van der Waals surface area (Å²) in [5, 5.41) is 0. The average Bonchev–Trinajstić information content (AvgIpc) is 3.00. The third-order valence-electron chi connectivity index (χ3n) is 4.22. The number of carbonyl (C=O) groups is 2. The van der Waals surface area contributed by atoms with Crippen molar-refractivity contribution in [3.05, 3.63) is 51.7 Å². The van der Waals surface area contributed by atoms with Crippen molar-refractivity contribution in [1.82, 2.24) is 9.88 Å². The van der Waals surface area contributed by atoms with Crippen molar-refractivity contribution in [3.63, 3.8) is 0 Å². The van der Waals surface area contributed by atoms with Crippen molar-refractivity contribution < 1.29 is 14.0 Å². The number of likely N-dealkylation sites (tertiary alicyclic amines) is 1. The number of aryl methyl sites for hydroxylation is 1. The van der Waals surface area contributed by atoms with Gasteiger partial charge in [-0.2, -0.15) is 0 Å². The first-order valence-corrected chi connectivity index (χ1v) is 8.43. The number of aromatic nitrogens is 1. The average molecular weight is 332 g/mol. The van der Waals surface area contributed by atoms with E-state index in [0.717, 1.165) is 5.69 Å². The number of benzene rings is 1. The van der Waals surface area contributed by atoms with Crippen molar-refractivity contribution in [1.29, 1.82) is 0 Å². The summed E-state index contributed by atoms with van der Waals surface area (Å²) in [5.41, 5.74) is 2.96. The van der Waals surface area contributed by atoms with Crippen molar-refractivity contribution in [3.8, 4) is 0 Å². The quantitative estimate of drug-likeness (QED) is 0.810. The van der Waals surface area contributed by atoms with Crippen LogP contribution < -0.4 is 0 Å². The van der Waals surface area contributed by atoms with Gasteiger partial charge in [-0.25, -0.2) is 9.37 Å². The Bertz CT molecular complexity index is 718. The van der Waals surface area contributed by atoms with Crippen LogP contribution in [0.1, 0.15) is 38.6 Å². The molecular weight excluding hydrogens is 315 g/mol. The number of halogens is 1. The molecule has 1 aliphatic heterocycles. The molecule has 2 aromatic rings. The molecule has 120 valence electrons. The van der Waals surface area contributed by atoms with Crippen molar-refractivity contribution >= 4 is 23.0 Å². The first-order valence-electron chi connectivity index (χ1n) is 7.55. The second-order valence-corrected chi connectivity index (χ2v) is 6.56. The van der Waals surface area contributed by atoms with Crippen LogP contribution in [0.5, 0.6) is 0 Å². The minimum Gasteiger partial charge on any atom is -0.338 e. The molecule has 0 aliphatic carbocycles. The van der Waals surface area contributed by atoms with Crippen molar-refractivity contribution in [2.45, 2.75) is 19.8 Å². The molecule has 0 bridgehead atoms. The van der Waals surface area contributed by atoms with Gasteiger partial charge in [-0.15, -0.1) is 11.3 Å². The summed E-state index contributed by atoms with van der Waals surface area (Å²) in [6, 6.07) is 5.66. The summed E-state index contributed by atoms with van der Waals surface area (Å²) in [5.74, 6) is -0.419. The molecule has 0 radical (unpaired) electrons. The first-order chi connectivity index (χ1) is 11.1. The lowest BCUT2D eigenvalue weighted by atomic mass is 9.89. The molecule has 1 aliphatic rings. The highest BCUT2D eigenvalue weighted by Crippen LogP contribution is 2.24. The Balaban J connectivity index is 1.62. The number of amides is 1. The summed E-state index contributed by atoms with van der Waals surface area (Å²) < 4.78 is 12.9. The molecule has 1 saturated heterocycles. The Hall–Kier alpha value is -2.08. The Labute approximate surface area is 138 Å². The number of piperidine rings is 1. The third-order valence-corrected chi connectivity index (χ3v) is 5.14. The molecule has 2 heterocycles. The Morgan fingerprint density at radius 1 is 1.22 bits per heavy atom. The summed E-state index contributed by atoms with van der Waals surface area (Å²) in [6.45, 7) is 2.95. The zero-order valence-corrected chi connectivity index (χ0v) is 13.6. The molecule has 4 nitrogen and oxygen atoms in total. The molecule has 1 fully saturated rings. The van der Waals surface area contributed by atoms with Gasteiger partial charge in [0.2, 0.25) is 0 Å². The van der Waals surface area contributed by atoms with Crippen LogP contribution in [0, 0.1) is 18.7 Å². The molecule has 23 heavy (non-hydrogen) atoms. The van der Waals surface area contributed by atoms with E-state index in [1.807, 2.05) is 6.92 Å². The van der Waals surface area contributed by atoms with Crippen LogP contribution in [0.15, 0.2) is 29.8 Å².